The molecule has 1 rings (SSSR count). The Morgan fingerprint density at radius 2 is 0.622 bits per heavy atom. The first-order chi connectivity index (χ1) is 21.8. The molecule has 0 N–H and O–H groups in total. The van der Waals surface area contributed by atoms with E-state index >= 15 is 0 Å². The predicted octanol–water partition coefficient (Wildman–Crippen LogP) is 2.97. The van der Waals surface area contributed by atoms with E-state index in [1.165, 1.54) is 47.7 Å². The maximum Gasteiger partial charge on any atom is 0.306 e. The highest BCUT2D eigenvalue weighted by molar-refractivity contribution is 5.70. The van der Waals surface area contributed by atoms with Crippen molar-refractivity contribution in [3.05, 3.63) is 0 Å². The van der Waals surface area contributed by atoms with Gasteiger partial charge in [0.25, 0.3) is 0 Å². The van der Waals surface area contributed by atoms with Gasteiger partial charge in [0.15, 0.2) is 0 Å². The number of carbonyl (C=O) groups excluding carboxylic acids is 4. The Balaban J connectivity index is 2.77. The van der Waals surface area contributed by atoms with Crippen LogP contribution in [-0.4, -0.2) is 150 Å². The molecule has 0 aliphatic carbocycles. The van der Waals surface area contributed by atoms with Gasteiger partial charge in [0.05, 0.1) is 34.9 Å². The monoisotopic (exact) mass is 642 g/mol. The number of hydrogen-bond donors (Lipinski definition) is 0. The van der Waals surface area contributed by atoms with Gasteiger partial charge in [-0.15, -0.1) is 0 Å². The van der Waals surface area contributed by atoms with Gasteiger partial charge in [-0.25, -0.2) is 0 Å². The van der Waals surface area contributed by atoms with E-state index in [1.807, 2.05) is 0 Å². The van der Waals surface area contributed by atoms with Crippen LogP contribution < -0.4 is 0 Å². The van der Waals surface area contributed by atoms with Crippen LogP contribution in [0.4, 0.5) is 0 Å². The Hall–Kier alpha value is -2.28. The number of nitrogens with zero attached hydrogens (tertiary/aromatic N) is 4. The Morgan fingerprint density at radius 1 is 0.356 bits per heavy atom. The second-order valence-electron chi connectivity index (χ2n) is 11.9. The van der Waals surface area contributed by atoms with Crippen molar-refractivity contribution in [2.24, 2.45) is 0 Å². The van der Waals surface area contributed by atoms with Crippen molar-refractivity contribution >= 4 is 23.9 Å². The fraction of sp³-hybridized carbons (Fsp3) is 0.879. The van der Waals surface area contributed by atoms with Crippen LogP contribution in [0.3, 0.4) is 0 Å². The molecule has 1 heterocycles. The maximum atomic E-state index is 11.9. The van der Waals surface area contributed by atoms with Crippen molar-refractivity contribution in [2.75, 3.05) is 107 Å². The number of unbranched alkanes of at least 4 members (excludes halogenated alkanes) is 6. The van der Waals surface area contributed by atoms with Crippen molar-refractivity contribution < 1.29 is 38.1 Å². The molecule has 0 bridgehead atoms. The second-order valence-corrected chi connectivity index (χ2v) is 11.9. The molecule has 0 aromatic rings. The van der Waals surface area contributed by atoms with Gasteiger partial charge >= 0.3 is 23.9 Å². The minimum atomic E-state index is -0.208. The molecule has 45 heavy (non-hydrogen) atoms. The van der Waals surface area contributed by atoms with E-state index in [0.717, 1.165) is 111 Å². The van der Waals surface area contributed by atoms with Crippen molar-refractivity contribution in [1.82, 2.24) is 19.6 Å². The zero-order chi connectivity index (χ0) is 33.1. The fourth-order valence-electron chi connectivity index (χ4n) is 5.51. The standard InChI is InChI=1S/C33H62N4O8/c1-42-30(38)14-10-8-6-5-7-9-11-18-34-22-24-35(19-12-15-31(39)43-2)26-28-37(21-17-33(41)45-4)29-27-36(25-23-34)20-13-16-32(40)44-3/h5-29H2,1-4H3. The van der Waals surface area contributed by atoms with Crippen molar-refractivity contribution in [3.63, 3.8) is 0 Å². The molecule has 262 valence electrons. The summed E-state index contributed by atoms with van der Waals surface area (Å²) in [5, 5.41) is 0. The Bertz CT molecular complexity index is 778. The summed E-state index contributed by atoms with van der Waals surface area (Å²) in [6.07, 6.45) is 11.0. The lowest BCUT2D eigenvalue weighted by Crippen LogP contribution is -2.46. The van der Waals surface area contributed by atoms with Gasteiger partial charge in [-0.3, -0.25) is 19.2 Å². The molecule has 1 fully saturated rings. The largest absolute Gasteiger partial charge is 0.469 e. The minimum absolute atomic E-state index is 0.124. The summed E-state index contributed by atoms with van der Waals surface area (Å²) in [4.78, 5) is 56.4. The van der Waals surface area contributed by atoms with Gasteiger partial charge < -0.3 is 38.5 Å². The fourth-order valence-corrected chi connectivity index (χ4v) is 5.51. The van der Waals surface area contributed by atoms with Gasteiger partial charge in [0.2, 0.25) is 0 Å². The molecule has 0 radical (unpaired) electrons. The molecule has 12 heteroatoms. The smallest absolute Gasteiger partial charge is 0.306 e. The van der Waals surface area contributed by atoms with Crippen LogP contribution >= 0.6 is 0 Å². The van der Waals surface area contributed by atoms with Gasteiger partial charge in [0, 0.05) is 78.2 Å². The molecule has 0 aromatic carbocycles. The molecule has 12 nitrogen and oxygen atoms in total. The zero-order valence-electron chi connectivity index (χ0n) is 28.7. The lowest BCUT2D eigenvalue weighted by Gasteiger charge is -2.34. The number of esters is 4. The van der Waals surface area contributed by atoms with E-state index in [2.05, 4.69) is 19.6 Å². The van der Waals surface area contributed by atoms with E-state index < -0.39 is 0 Å². The first-order valence-corrected chi connectivity index (χ1v) is 17.0. The van der Waals surface area contributed by atoms with Crippen molar-refractivity contribution in [3.8, 4) is 0 Å². The van der Waals surface area contributed by atoms with Crippen LogP contribution in [0.1, 0.15) is 83.5 Å². The average molecular weight is 643 g/mol. The van der Waals surface area contributed by atoms with E-state index in [4.69, 9.17) is 18.9 Å². The Kier molecular flexibility index (Phi) is 24.3. The topological polar surface area (TPSA) is 118 Å². The molecular weight excluding hydrogens is 580 g/mol. The lowest BCUT2D eigenvalue weighted by molar-refractivity contribution is -0.141. The van der Waals surface area contributed by atoms with Crippen LogP contribution in [0, 0.1) is 0 Å². The van der Waals surface area contributed by atoms with E-state index in [9.17, 15) is 19.2 Å². The number of hydrogen-bond acceptors (Lipinski definition) is 12. The Labute approximate surface area is 272 Å². The third-order valence-corrected chi connectivity index (χ3v) is 8.54. The van der Waals surface area contributed by atoms with Crippen LogP contribution in [-0.2, 0) is 38.1 Å². The summed E-state index contributed by atoms with van der Waals surface area (Å²) in [5.41, 5.74) is 0. The van der Waals surface area contributed by atoms with Gasteiger partial charge in [0.1, 0.15) is 0 Å². The molecule has 0 atom stereocenters. The highest BCUT2D eigenvalue weighted by atomic mass is 16.5. The molecular formula is C33H62N4O8. The van der Waals surface area contributed by atoms with Gasteiger partial charge in [-0.2, -0.15) is 0 Å². The summed E-state index contributed by atoms with van der Waals surface area (Å²) in [5.74, 6) is -0.691. The maximum absolute atomic E-state index is 11.9. The summed E-state index contributed by atoms with van der Waals surface area (Å²) in [6.45, 7) is 10.4. The number of carbonyl (C=O) groups is 4. The molecule has 1 saturated heterocycles. The first kappa shape index (κ1) is 40.7. The molecule has 0 amide bonds. The van der Waals surface area contributed by atoms with Gasteiger partial charge in [-0.05, 0) is 45.3 Å². The zero-order valence-corrected chi connectivity index (χ0v) is 28.7. The summed E-state index contributed by atoms with van der Waals surface area (Å²) >= 11 is 0. The van der Waals surface area contributed by atoms with Crippen LogP contribution in [0.2, 0.25) is 0 Å². The molecule has 1 aliphatic heterocycles. The molecule has 0 aromatic heterocycles. The lowest BCUT2D eigenvalue weighted by atomic mass is 10.1. The van der Waals surface area contributed by atoms with E-state index in [-0.39, 0.29) is 23.9 Å². The Morgan fingerprint density at radius 3 is 1.00 bits per heavy atom. The highest BCUT2D eigenvalue weighted by Crippen LogP contribution is 2.11. The van der Waals surface area contributed by atoms with Crippen LogP contribution in [0.5, 0.6) is 0 Å². The quantitative estimate of drug-likeness (QED) is 0.104. The molecule has 0 saturated carbocycles. The first-order valence-electron chi connectivity index (χ1n) is 17.0. The van der Waals surface area contributed by atoms with E-state index in [0.29, 0.717) is 32.2 Å². The number of methoxy groups -OCH3 is 4. The third-order valence-electron chi connectivity index (χ3n) is 8.54. The molecule has 1 aliphatic rings. The number of ether oxygens (including phenoxy) is 4. The predicted molar refractivity (Wildman–Crippen MR) is 174 cm³/mol. The summed E-state index contributed by atoms with van der Waals surface area (Å²) in [7, 11) is 5.72. The SMILES string of the molecule is COC(=O)CCCCCCCCCN1CCN(CCCC(=O)OC)CCN(CCC(=O)OC)CCN(CCCC(=O)OC)CC1. The van der Waals surface area contributed by atoms with Gasteiger partial charge in [-0.1, -0.05) is 32.1 Å². The highest BCUT2D eigenvalue weighted by Gasteiger charge is 2.18. The minimum Gasteiger partial charge on any atom is -0.469 e. The average Bonchev–Trinajstić information content (AvgIpc) is 3.05. The number of rotatable bonds is 21. The van der Waals surface area contributed by atoms with Crippen molar-refractivity contribution in [1.29, 1.82) is 0 Å². The van der Waals surface area contributed by atoms with E-state index in [1.54, 1.807) is 0 Å². The second kappa shape index (κ2) is 26.9. The van der Waals surface area contributed by atoms with Crippen LogP contribution in [0.15, 0.2) is 0 Å². The molecule has 0 unspecified atom stereocenters. The van der Waals surface area contributed by atoms with Crippen LogP contribution in [0.25, 0.3) is 0 Å². The third kappa shape index (κ3) is 22.0. The normalized spacial score (nSPS) is 16.4. The molecule has 0 spiro atoms. The summed E-state index contributed by atoms with van der Waals surface area (Å²) < 4.78 is 19.3. The summed E-state index contributed by atoms with van der Waals surface area (Å²) in [6, 6.07) is 0. The van der Waals surface area contributed by atoms with Crippen molar-refractivity contribution in [2.45, 2.75) is 83.5 Å².